The third-order valence-corrected chi connectivity index (χ3v) is 2.49. The minimum atomic E-state index is -4.51. The third-order valence-electron chi connectivity index (χ3n) is 2.49. The Kier molecular flexibility index (Phi) is 3.21. The molecule has 0 fully saturated rings. The fourth-order valence-corrected chi connectivity index (χ4v) is 1.54. The molecule has 2 rings (SSSR count). The Balaban J connectivity index is 2.48. The Bertz CT molecular complexity index is 656. The molecule has 0 unspecified atom stereocenters. The number of alkyl halides is 3. The summed E-state index contributed by atoms with van der Waals surface area (Å²) in [7, 11) is 0. The largest absolute Gasteiger partial charge is 0.417 e. The minimum absolute atomic E-state index is 0.137. The highest BCUT2D eigenvalue weighted by Gasteiger charge is 2.31. The molecule has 19 heavy (non-hydrogen) atoms. The van der Waals surface area contributed by atoms with Crippen molar-refractivity contribution in [1.82, 2.24) is 4.98 Å². The van der Waals surface area contributed by atoms with Crippen LogP contribution in [0.25, 0.3) is 11.1 Å². The summed E-state index contributed by atoms with van der Waals surface area (Å²) in [5, 5.41) is 8.58. The predicted octanol–water partition coefficient (Wildman–Crippen LogP) is 3.78. The summed E-state index contributed by atoms with van der Waals surface area (Å²) >= 11 is 0. The Labute approximate surface area is 105 Å². The number of aromatic nitrogens is 1. The van der Waals surface area contributed by atoms with E-state index in [0.717, 1.165) is 12.1 Å². The van der Waals surface area contributed by atoms with Crippen molar-refractivity contribution in [2.45, 2.75) is 6.18 Å². The topological polar surface area (TPSA) is 36.7 Å². The smallest absolute Gasteiger partial charge is 0.263 e. The molecule has 2 aromatic rings. The quantitative estimate of drug-likeness (QED) is 0.736. The average molecular weight is 265 g/mol. The molecule has 0 bridgehead atoms. The van der Waals surface area contributed by atoms with E-state index < -0.39 is 17.6 Å². The van der Waals surface area contributed by atoms with Crippen molar-refractivity contribution in [3.05, 3.63) is 53.6 Å². The second-order valence-corrected chi connectivity index (χ2v) is 3.77. The van der Waals surface area contributed by atoms with Crippen molar-refractivity contribution < 1.29 is 17.6 Å². The number of benzene rings is 1. The van der Waals surface area contributed by atoms with Gasteiger partial charge >= 0.3 is 6.18 Å². The van der Waals surface area contributed by atoms with Crippen LogP contribution in [0.3, 0.4) is 0 Å². The molecule has 6 heteroatoms. The predicted molar refractivity (Wildman–Crippen MR) is 59.3 cm³/mol. The second-order valence-electron chi connectivity index (χ2n) is 3.77. The van der Waals surface area contributed by atoms with Gasteiger partial charge in [-0.2, -0.15) is 18.4 Å². The zero-order valence-corrected chi connectivity index (χ0v) is 9.37. The van der Waals surface area contributed by atoms with Gasteiger partial charge in [0.2, 0.25) is 0 Å². The van der Waals surface area contributed by atoms with Crippen LogP contribution in [0, 0.1) is 17.1 Å². The van der Waals surface area contributed by atoms with E-state index in [4.69, 9.17) is 5.26 Å². The lowest BCUT2D eigenvalue weighted by atomic mass is 10.0. The van der Waals surface area contributed by atoms with E-state index in [-0.39, 0.29) is 16.7 Å². The van der Waals surface area contributed by atoms with Gasteiger partial charge in [0.05, 0.1) is 11.1 Å². The average Bonchev–Trinajstić information content (AvgIpc) is 2.38. The van der Waals surface area contributed by atoms with Crippen LogP contribution in [0.5, 0.6) is 0 Å². The normalized spacial score (nSPS) is 11.1. The van der Waals surface area contributed by atoms with Crippen LogP contribution < -0.4 is 0 Å². The van der Waals surface area contributed by atoms with Crippen LogP contribution in [-0.2, 0) is 6.18 Å². The number of hydrogen-bond acceptors (Lipinski definition) is 2. The zero-order chi connectivity index (χ0) is 14.0. The molecule has 0 saturated heterocycles. The molecule has 0 aliphatic carbocycles. The number of nitriles is 1. The fraction of sp³-hybridized carbons (Fsp3) is 0.0769. The lowest BCUT2D eigenvalue weighted by molar-refractivity contribution is -0.137. The van der Waals surface area contributed by atoms with Crippen LogP contribution in [0.4, 0.5) is 17.6 Å². The van der Waals surface area contributed by atoms with Gasteiger partial charge in [0.25, 0.3) is 0 Å². The van der Waals surface area contributed by atoms with Gasteiger partial charge in [-0.3, -0.25) is 4.98 Å². The Morgan fingerprint density at radius 2 is 1.79 bits per heavy atom. The summed E-state index contributed by atoms with van der Waals surface area (Å²) in [6, 6.07) is 6.12. The molecule has 1 aromatic carbocycles. The first-order chi connectivity index (χ1) is 8.91. The molecular formula is C13H6F4N2. The monoisotopic (exact) mass is 265 g/mol. The Morgan fingerprint density at radius 3 is 2.37 bits per heavy atom. The maximum Gasteiger partial charge on any atom is 0.417 e. The van der Waals surface area contributed by atoms with Gasteiger partial charge in [0.15, 0.2) is 0 Å². The maximum absolute atomic E-state index is 13.4. The minimum Gasteiger partial charge on any atom is -0.263 e. The first-order valence-corrected chi connectivity index (χ1v) is 5.14. The van der Waals surface area contributed by atoms with Crippen molar-refractivity contribution in [1.29, 1.82) is 5.26 Å². The first kappa shape index (κ1) is 13.0. The Hall–Kier alpha value is -2.42. The number of pyridine rings is 1. The van der Waals surface area contributed by atoms with E-state index in [1.165, 1.54) is 18.3 Å². The van der Waals surface area contributed by atoms with Crippen molar-refractivity contribution >= 4 is 0 Å². The van der Waals surface area contributed by atoms with Crippen molar-refractivity contribution in [2.75, 3.05) is 0 Å². The lowest BCUT2D eigenvalue weighted by Gasteiger charge is -2.08. The zero-order valence-electron chi connectivity index (χ0n) is 9.37. The summed E-state index contributed by atoms with van der Waals surface area (Å²) in [6.07, 6.45) is -2.60. The van der Waals surface area contributed by atoms with Crippen molar-refractivity contribution in [2.24, 2.45) is 0 Å². The van der Waals surface area contributed by atoms with Crippen LogP contribution in [0.1, 0.15) is 11.1 Å². The van der Waals surface area contributed by atoms with Gasteiger partial charge in [-0.1, -0.05) is 6.07 Å². The molecule has 0 N–H and O–H groups in total. The van der Waals surface area contributed by atoms with Crippen LogP contribution in [-0.4, -0.2) is 4.98 Å². The van der Waals surface area contributed by atoms with E-state index in [0.29, 0.717) is 6.20 Å². The first-order valence-electron chi connectivity index (χ1n) is 5.14. The summed E-state index contributed by atoms with van der Waals surface area (Å²) in [5.74, 6) is -0.780. The lowest BCUT2D eigenvalue weighted by Crippen LogP contribution is -2.05. The molecule has 0 spiro atoms. The number of nitrogens with zero attached hydrogens (tertiary/aromatic N) is 2. The van der Waals surface area contributed by atoms with Crippen LogP contribution in [0.15, 0.2) is 36.7 Å². The van der Waals surface area contributed by atoms with Gasteiger partial charge in [-0.15, -0.1) is 0 Å². The highest BCUT2D eigenvalue weighted by molar-refractivity contribution is 5.64. The number of rotatable bonds is 1. The second kappa shape index (κ2) is 4.69. The highest BCUT2D eigenvalue weighted by Crippen LogP contribution is 2.31. The van der Waals surface area contributed by atoms with E-state index in [1.54, 1.807) is 6.07 Å². The number of hydrogen-bond donors (Lipinski definition) is 0. The van der Waals surface area contributed by atoms with Gasteiger partial charge in [0, 0.05) is 18.0 Å². The Morgan fingerprint density at radius 1 is 1.05 bits per heavy atom. The fourth-order valence-electron chi connectivity index (χ4n) is 1.54. The van der Waals surface area contributed by atoms with E-state index >= 15 is 0 Å². The molecule has 0 radical (unpaired) electrons. The van der Waals surface area contributed by atoms with Crippen molar-refractivity contribution in [3.8, 4) is 17.2 Å². The summed E-state index contributed by atoms with van der Waals surface area (Å²) < 4.78 is 51.0. The van der Waals surface area contributed by atoms with Crippen molar-refractivity contribution in [3.63, 3.8) is 0 Å². The molecule has 1 aromatic heterocycles. The summed E-state index contributed by atoms with van der Waals surface area (Å²) in [5.41, 5.74) is -0.702. The summed E-state index contributed by atoms with van der Waals surface area (Å²) in [6.45, 7) is 0. The molecule has 2 nitrogen and oxygen atoms in total. The van der Waals surface area contributed by atoms with Gasteiger partial charge in [-0.05, 0) is 23.8 Å². The molecule has 1 heterocycles. The van der Waals surface area contributed by atoms with E-state index in [2.05, 4.69) is 4.98 Å². The van der Waals surface area contributed by atoms with Crippen LogP contribution >= 0.6 is 0 Å². The highest BCUT2D eigenvalue weighted by atomic mass is 19.4. The number of halogens is 4. The molecule has 0 aliphatic heterocycles. The molecule has 0 saturated carbocycles. The maximum atomic E-state index is 13.4. The van der Waals surface area contributed by atoms with E-state index in [9.17, 15) is 17.6 Å². The molecular weight excluding hydrogens is 259 g/mol. The standard InChI is InChI=1S/C13H6F4N2/c14-12-4-8(1-2-9(12)5-18)10-3-11(7-19-6-10)13(15,16)17/h1-4,6-7H/i14-1. The van der Waals surface area contributed by atoms with Gasteiger partial charge < -0.3 is 0 Å². The summed E-state index contributed by atoms with van der Waals surface area (Å²) in [4.78, 5) is 3.49. The molecule has 0 atom stereocenters. The molecule has 0 amide bonds. The molecule has 96 valence electrons. The third kappa shape index (κ3) is 2.71. The SMILES string of the molecule is N#Cc1ccc(-c2cncc(C(F)(F)F)c2)cc1[18F]. The van der Waals surface area contributed by atoms with Gasteiger partial charge in [0.1, 0.15) is 11.9 Å². The van der Waals surface area contributed by atoms with Crippen LogP contribution in [0.2, 0.25) is 0 Å². The van der Waals surface area contributed by atoms with E-state index in [1.807, 2.05) is 0 Å². The van der Waals surface area contributed by atoms with Gasteiger partial charge in [-0.25, -0.2) is 4.39 Å². The molecule has 0 aliphatic rings.